The molecule has 0 bridgehead atoms. The summed E-state index contributed by atoms with van der Waals surface area (Å²) in [7, 11) is -3.12. The quantitative estimate of drug-likeness (QED) is 0.474. The van der Waals surface area contributed by atoms with Gasteiger partial charge in [-0.15, -0.1) is 0 Å². The van der Waals surface area contributed by atoms with Gasteiger partial charge in [0.05, 0.1) is 5.25 Å². The zero-order valence-electron chi connectivity index (χ0n) is 14.2. The molecule has 0 aliphatic heterocycles. The minimum absolute atomic E-state index is 0.0562. The summed E-state index contributed by atoms with van der Waals surface area (Å²) in [6.07, 6.45) is 6.15. The molecule has 0 fully saturated rings. The van der Waals surface area contributed by atoms with Gasteiger partial charge in [-0.25, -0.2) is 13.1 Å². The van der Waals surface area contributed by atoms with Crippen LogP contribution in [0.4, 0.5) is 0 Å². The van der Waals surface area contributed by atoms with Crippen LogP contribution in [0.5, 0.6) is 0 Å². The van der Waals surface area contributed by atoms with Crippen molar-refractivity contribution in [2.45, 2.75) is 64.5 Å². The minimum Gasteiger partial charge on any atom is -0.372 e. The zero-order valence-corrected chi connectivity index (χ0v) is 15.0. The van der Waals surface area contributed by atoms with Gasteiger partial charge in [0, 0.05) is 19.7 Å². The Morgan fingerprint density at radius 1 is 1.00 bits per heavy atom. The van der Waals surface area contributed by atoms with E-state index in [-0.39, 0.29) is 17.8 Å². The molecule has 0 heterocycles. The largest absolute Gasteiger partial charge is 0.372 e. The Kier molecular flexibility index (Phi) is 12.5. The van der Waals surface area contributed by atoms with E-state index >= 15 is 0 Å². The number of sulfonamides is 1. The van der Waals surface area contributed by atoms with Gasteiger partial charge < -0.3 is 10.1 Å². The monoisotopic (exact) mass is 336 g/mol. The molecule has 7 heteroatoms. The summed E-state index contributed by atoms with van der Waals surface area (Å²) in [5.41, 5.74) is 0. The van der Waals surface area contributed by atoms with Crippen molar-refractivity contribution < 1.29 is 17.9 Å². The molecule has 132 valence electrons. The first kappa shape index (κ1) is 21.3. The van der Waals surface area contributed by atoms with Crippen molar-refractivity contribution in [2.75, 3.05) is 26.3 Å². The molecule has 2 N–H and O–H groups in total. The van der Waals surface area contributed by atoms with Gasteiger partial charge in [0.15, 0.2) is 0 Å². The Labute approximate surface area is 135 Å². The van der Waals surface area contributed by atoms with Gasteiger partial charge in [0.25, 0.3) is 0 Å². The van der Waals surface area contributed by atoms with Gasteiger partial charge in [-0.05, 0) is 33.6 Å². The molecule has 6 nitrogen and oxygen atoms in total. The minimum atomic E-state index is -3.12. The fourth-order valence-electron chi connectivity index (χ4n) is 1.81. The van der Waals surface area contributed by atoms with Crippen molar-refractivity contribution in [3.05, 3.63) is 0 Å². The fourth-order valence-corrected chi connectivity index (χ4v) is 2.57. The molecule has 0 saturated carbocycles. The van der Waals surface area contributed by atoms with Crippen LogP contribution in [-0.2, 0) is 19.6 Å². The van der Waals surface area contributed by atoms with Crippen molar-refractivity contribution in [2.24, 2.45) is 0 Å². The van der Waals surface area contributed by atoms with Crippen molar-refractivity contribution in [1.82, 2.24) is 10.0 Å². The number of rotatable bonds is 14. The SMILES string of the molecule is CCOCC(=O)NCCCCCCCCNS(=O)(=O)C(C)C. The third kappa shape index (κ3) is 11.9. The molecule has 0 unspecified atom stereocenters. The Morgan fingerprint density at radius 2 is 1.55 bits per heavy atom. The maximum atomic E-state index is 11.5. The van der Waals surface area contributed by atoms with Crippen LogP contribution in [0.1, 0.15) is 59.3 Å². The van der Waals surface area contributed by atoms with Gasteiger partial charge in [-0.3, -0.25) is 4.79 Å². The first-order valence-corrected chi connectivity index (χ1v) is 9.77. The van der Waals surface area contributed by atoms with E-state index in [1.165, 1.54) is 0 Å². The van der Waals surface area contributed by atoms with Crippen molar-refractivity contribution in [3.63, 3.8) is 0 Å². The fraction of sp³-hybridized carbons (Fsp3) is 0.933. The number of ether oxygens (including phenoxy) is 1. The maximum absolute atomic E-state index is 11.5. The van der Waals surface area contributed by atoms with Crippen LogP contribution in [0, 0.1) is 0 Å². The Hall–Kier alpha value is -0.660. The van der Waals surface area contributed by atoms with E-state index in [1.54, 1.807) is 13.8 Å². The lowest BCUT2D eigenvalue weighted by Gasteiger charge is -2.09. The van der Waals surface area contributed by atoms with E-state index in [9.17, 15) is 13.2 Å². The summed E-state index contributed by atoms with van der Waals surface area (Å²) < 4.78 is 30.6. The number of nitrogens with one attached hydrogen (secondary N) is 2. The summed E-state index contributed by atoms with van der Waals surface area (Å²) in [5, 5.41) is 2.45. The molecule has 0 aromatic carbocycles. The van der Waals surface area contributed by atoms with Gasteiger partial charge in [0.2, 0.25) is 15.9 Å². The number of unbranched alkanes of at least 4 members (excludes halogenated alkanes) is 5. The number of hydrogen-bond donors (Lipinski definition) is 2. The first-order valence-electron chi connectivity index (χ1n) is 8.23. The maximum Gasteiger partial charge on any atom is 0.245 e. The number of carbonyl (C=O) groups excluding carboxylic acids is 1. The van der Waals surface area contributed by atoms with Crippen LogP contribution in [0.2, 0.25) is 0 Å². The number of amides is 1. The Morgan fingerprint density at radius 3 is 2.09 bits per heavy atom. The predicted molar refractivity (Wildman–Crippen MR) is 89.3 cm³/mol. The standard InChI is InChI=1S/C15H32N2O4S/c1-4-21-13-15(18)16-11-9-7-5-6-8-10-12-17-22(19,20)14(2)3/h14,17H,4-13H2,1-3H3,(H,16,18). The average molecular weight is 336 g/mol. The summed E-state index contributed by atoms with van der Waals surface area (Å²) in [4.78, 5) is 11.2. The van der Waals surface area contributed by atoms with Crippen molar-refractivity contribution in [1.29, 1.82) is 0 Å². The molecule has 0 atom stereocenters. The van der Waals surface area contributed by atoms with Gasteiger partial charge >= 0.3 is 0 Å². The first-order chi connectivity index (χ1) is 10.4. The highest BCUT2D eigenvalue weighted by Crippen LogP contribution is 2.05. The van der Waals surface area contributed by atoms with E-state index in [2.05, 4.69) is 10.0 Å². The van der Waals surface area contributed by atoms with Crippen molar-refractivity contribution >= 4 is 15.9 Å². The van der Waals surface area contributed by atoms with Crippen LogP contribution in [0.25, 0.3) is 0 Å². The van der Waals surface area contributed by atoms with Crippen LogP contribution < -0.4 is 10.0 Å². The normalized spacial score (nSPS) is 11.8. The Balaban J connectivity index is 3.33. The summed E-state index contributed by atoms with van der Waals surface area (Å²) in [6.45, 7) is 7.13. The zero-order chi connectivity index (χ0) is 16.8. The third-order valence-electron chi connectivity index (χ3n) is 3.29. The molecular formula is C15H32N2O4S. The Bertz CT molecular complexity index is 383. The topological polar surface area (TPSA) is 84.5 Å². The van der Waals surface area contributed by atoms with E-state index in [0.29, 0.717) is 19.7 Å². The molecular weight excluding hydrogens is 304 g/mol. The van der Waals surface area contributed by atoms with E-state index in [0.717, 1.165) is 38.5 Å². The summed E-state index contributed by atoms with van der Waals surface area (Å²) >= 11 is 0. The molecule has 1 amide bonds. The highest BCUT2D eigenvalue weighted by atomic mass is 32.2. The molecule has 0 aromatic rings. The highest BCUT2D eigenvalue weighted by molar-refractivity contribution is 7.90. The number of hydrogen-bond acceptors (Lipinski definition) is 4. The second-order valence-corrected chi connectivity index (χ2v) is 7.92. The average Bonchev–Trinajstić information content (AvgIpc) is 2.46. The molecule has 22 heavy (non-hydrogen) atoms. The van der Waals surface area contributed by atoms with Gasteiger partial charge in [-0.1, -0.05) is 25.7 Å². The van der Waals surface area contributed by atoms with E-state index < -0.39 is 10.0 Å². The lowest BCUT2D eigenvalue weighted by atomic mass is 10.1. The molecule has 0 aliphatic carbocycles. The molecule has 0 aromatic heterocycles. The van der Waals surface area contributed by atoms with Gasteiger partial charge in [0.1, 0.15) is 6.61 Å². The second-order valence-electron chi connectivity index (χ2n) is 5.60. The van der Waals surface area contributed by atoms with Crippen LogP contribution >= 0.6 is 0 Å². The van der Waals surface area contributed by atoms with E-state index in [1.807, 2.05) is 6.92 Å². The predicted octanol–water partition coefficient (Wildman–Crippen LogP) is 1.81. The summed E-state index contributed by atoms with van der Waals surface area (Å²) in [5.74, 6) is -0.0562. The van der Waals surface area contributed by atoms with Crippen LogP contribution in [-0.4, -0.2) is 45.9 Å². The smallest absolute Gasteiger partial charge is 0.245 e. The number of carbonyl (C=O) groups is 1. The molecule has 0 rings (SSSR count). The third-order valence-corrected chi connectivity index (χ3v) is 5.13. The van der Waals surface area contributed by atoms with Crippen LogP contribution in [0.15, 0.2) is 0 Å². The summed E-state index contributed by atoms with van der Waals surface area (Å²) in [6, 6.07) is 0. The lowest BCUT2D eigenvalue weighted by molar-refractivity contribution is -0.125. The van der Waals surface area contributed by atoms with Gasteiger partial charge in [-0.2, -0.15) is 0 Å². The molecule has 0 spiro atoms. The lowest BCUT2D eigenvalue weighted by Crippen LogP contribution is -2.31. The molecule has 0 saturated heterocycles. The van der Waals surface area contributed by atoms with Crippen LogP contribution in [0.3, 0.4) is 0 Å². The highest BCUT2D eigenvalue weighted by Gasteiger charge is 2.13. The molecule has 0 radical (unpaired) electrons. The van der Waals surface area contributed by atoms with Crippen molar-refractivity contribution in [3.8, 4) is 0 Å². The second kappa shape index (κ2) is 12.8. The molecule has 0 aliphatic rings. The van der Waals surface area contributed by atoms with E-state index in [4.69, 9.17) is 4.74 Å².